The zero-order valence-electron chi connectivity index (χ0n) is 12.3. The van der Waals surface area contributed by atoms with Crippen molar-refractivity contribution in [2.75, 3.05) is 6.54 Å². The molecular formula is C15H22ClNO2S2. The molecule has 6 heteroatoms. The fourth-order valence-electron chi connectivity index (χ4n) is 3.85. The molecule has 0 spiro atoms. The first-order valence-corrected chi connectivity index (χ1v) is 10.5. The molecule has 1 aliphatic heterocycles. The molecule has 0 amide bonds. The van der Waals surface area contributed by atoms with Gasteiger partial charge >= 0.3 is 0 Å². The summed E-state index contributed by atoms with van der Waals surface area (Å²) < 4.78 is 28.0. The number of hydrogen-bond donors (Lipinski definition) is 0. The summed E-state index contributed by atoms with van der Waals surface area (Å²) in [6.07, 6.45) is 6.80. The van der Waals surface area contributed by atoms with Crippen molar-refractivity contribution in [2.24, 2.45) is 5.92 Å². The molecular weight excluding hydrogens is 326 g/mol. The monoisotopic (exact) mass is 347 g/mol. The van der Waals surface area contributed by atoms with Crippen LogP contribution in [0.5, 0.6) is 0 Å². The van der Waals surface area contributed by atoms with Crippen molar-refractivity contribution in [1.82, 2.24) is 4.31 Å². The van der Waals surface area contributed by atoms with Crippen LogP contribution < -0.4 is 0 Å². The molecule has 1 aliphatic carbocycles. The Morgan fingerprint density at radius 1 is 1.29 bits per heavy atom. The third-order valence-corrected chi connectivity index (χ3v) is 8.51. The maximum Gasteiger partial charge on any atom is 0.244 e. The van der Waals surface area contributed by atoms with Crippen LogP contribution >= 0.6 is 22.9 Å². The average Bonchev–Trinajstić information content (AvgIpc) is 2.88. The molecule has 118 valence electrons. The molecule has 0 radical (unpaired) electrons. The smallest absolute Gasteiger partial charge is 0.207 e. The third kappa shape index (κ3) is 2.90. The lowest BCUT2D eigenvalue weighted by atomic mass is 9.79. The largest absolute Gasteiger partial charge is 0.244 e. The van der Waals surface area contributed by atoms with Gasteiger partial charge in [0.2, 0.25) is 10.0 Å². The van der Waals surface area contributed by atoms with Gasteiger partial charge in [-0.05, 0) is 44.6 Å². The van der Waals surface area contributed by atoms with E-state index in [1.807, 2.05) is 6.92 Å². The summed E-state index contributed by atoms with van der Waals surface area (Å²) in [7, 11) is -3.37. The van der Waals surface area contributed by atoms with E-state index in [-0.39, 0.29) is 6.04 Å². The van der Waals surface area contributed by atoms with Gasteiger partial charge in [-0.3, -0.25) is 0 Å². The van der Waals surface area contributed by atoms with Crippen molar-refractivity contribution in [3.8, 4) is 0 Å². The highest BCUT2D eigenvalue weighted by atomic mass is 35.5. The van der Waals surface area contributed by atoms with Crippen LogP contribution in [0.1, 0.15) is 48.3 Å². The van der Waals surface area contributed by atoms with Gasteiger partial charge < -0.3 is 0 Å². The van der Waals surface area contributed by atoms with Gasteiger partial charge in [-0.1, -0.05) is 12.8 Å². The van der Waals surface area contributed by atoms with Gasteiger partial charge in [-0.15, -0.1) is 22.9 Å². The Hall–Kier alpha value is -0.100. The second-order valence-electron chi connectivity index (χ2n) is 6.14. The molecule has 0 aromatic carbocycles. The maximum absolute atomic E-state index is 13.1. The highest BCUT2D eigenvalue weighted by Crippen LogP contribution is 2.39. The molecule has 1 aromatic rings. The molecule has 1 saturated carbocycles. The van der Waals surface area contributed by atoms with E-state index in [4.69, 9.17) is 11.6 Å². The van der Waals surface area contributed by atoms with Crippen molar-refractivity contribution in [1.29, 1.82) is 0 Å². The SMILES string of the molecule is Cc1sc(CCl)cc1S(=O)(=O)N1CCC[C@H]2CCCC[C@H]21. The Morgan fingerprint density at radius 3 is 2.71 bits per heavy atom. The van der Waals surface area contributed by atoms with Crippen LogP contribution in [-0.2, 0) is 15.9 Å². The second-order valence-corrected chi connectivity index (χ2v) is 9.60. The lowest BCUT2D eigenvalue weighted by molar-refractivity contribution is 0.129. The van der Waals surface area contributed by atoms with Crippen LogP contribution in [0.15, 0.2) is 11.0 Å². The first-order chi connectivity index (χ1) is 10.0. The van der Waals surface area contributed by atoms with Gasteiger partial charge in [-0.25, -0.2) is 8.42 Å². The lowest BCUT2D eigenvalue weighted by Crippen LogP contribution is -2.49. The molecule has 2 heterocycles. The van der Waals surface area contributed by atoms with Crippen LogP contribution in [0.25, 0.3) is 0 Å². The summed E-state index contributed by atoms with van der Waals surface area (Å²) in [5, 5.41) is 0. The van der Waals surface area contributed by atoms with E-state index in [0.29, 0.717) is 23.2 Å². The van der Waals surface area contributed by atoms with Crippen LogP contribution in [0.2, 0.25) is 0 Å². The number of fused-ring (bicyclic) bond motifs is 1. The van der Waals surface area contributed by atoms with E-state index >= 15 is 0 Å². The first-order valence-electron chi connectivity index (χ1n) is 7.71. The molecule has 2 atom stereocenters. The van der Waals surface area contributed by atoms with Crippen LogP contribution in [-0.4, -0.2) is 25.3 Å². The molecule has 0 N–H and O–H groups in total. The van der Waals surface area contributed by atoms with E-state index < -0.39 is 10.0 Å². The summed E-state index contributed by atoms with van der Waals surface area (Å²) in [5.41, 5.74) is 0. The summed E-state index contributed by atoms with van der Waals surface area (Å²) in [6, 6.07) is 1.99. The van der Waals surface area contributed by atoms with Gasteiger partial charge in [0.25, 0.3) is 0 Å². The quantitative estimate of drug-likeness (QED) is 0.770. The van der Waals surface area contributed by atoms with E-state index in [1.54, 1.807) is 10.4 Å². The fraction of sp³-hybridized carbons (Fsp3) is 0.733. The molecule has 0 unspecified atom stereocenters. The maximum atomic E-state index is 13.1. The summed E-state index contributed by atoms with van der Waals surface area (Å²) in [4.78, 5) is 2.28. The zero-order valence-corrected chi connectivity index (χ0v) is 14.7. The molecule has 1 saturated heterocycles. The van der Waals surface area contributed by atoms with Crippen molar-refractivity contribution >= 4 is 33.0 Å². The summed E-state index contributed by atoms with van der Waals surface area (Å²) >= 11 is 7.36. The van der Waals surface area contributed by atoms with E-state index in [2.05, 4.69) is 0 Å². The van der Waals surface area contributed by atoms with Crippen molar-refractivity contribution < 1.29 is 8.42 Å². The third-order valence-electron chi connectivity index (χ3n) is 4.83. The van der Waals surface area contributed by atoms with E-state index in [9.17, 15) is 8.42 Å². The minimum absolute atomic E-state index is 0.219. The van der Waals surface area contributed by atoms with Gasteiger partial charge in [0.05, 0.1) is 10.8 Å². The molecule has 2 fully saturated rings. The molecule has 2 aliphatic rings. The average molecular weight is 348 g/mol. The Kier molecular flexibility index (Phi) is 4.65. The molecule has 3 nitrogen and oxygen atoms in total. The Morgan fingerprint density at radius 2 is 2.00 bits per heavy atom. The Balaban J connectivity index is 1.94. The number of hydrogen-bond acceptors (Lipinski definition) is 3. The Bertz CT molecular complexity index is 609. The second kappa shape index (κ2) is 6.19. The number of rotatable bonds is 3. The lowest BCUT2D eigenvalue weighted by Gasteiger charge is -2.43. The number of aryl methyl sites for hydroxylation is 1. The van der Waals surface area contributed by atoms with Crippen LogP contribution in [0.3, 0.4) is 0 Å². The topological polar surface area (TPSA) is 37.4 Å². The Labute approximate surface area is 136 Å². The number of piperidine rings is 1. The van der Waals surface area contributed by atoms with Crippen molar-refractivity contribution in [3.63, 3.8) is 0 Å². The molecule has 21 heavy (non-hydrogen) atoms. The molecule has 0 bridgehead atoms. The van der Waals surface area contributed by atoms with E-state index in [1.165, 1.54) is 30.6 Å². The van der Waals surface area contributed by atoms with Gasteiger partial charge in [-0.2, -0.15) is 4.31 Å². The van der Waals surface area contributed by atoms with E-state index in [0.717, 1.165) is 29.0 Å². The predicted octanol–water partition coefficient (Wildman–Crippen LogP) is 4.14. The number of alkyl halides is 1. The molecule has 1 aromatic heterocycles. The van der Waals surface area contributed by atoms with Crippen molar-refractivity contribution in [3.05, 3.63) is 15.8 Å². The van der Waals surface area contributed by atoms with Crippen LogP contribution in [0, 0.1) is 12.8 Å². The van der Waals surface area contributed by atoms with Gasteiger partial charge in [0.15, 0.2) is 0 Å². The fourth-order valence-corrected chi connectivity index (χ4v) is 7.30. The van der Waals surface area contributed by atoms with Crippen LogP contribution in [0.4, 0.5) is 0 Å². The number of halogens is 1. The summed E-state index contributed by atoms with van der Waals surface area (Å²) in [6.45, 7) is 2.56. The van der Waals surface area contributed by atoms with Gasteiger partial charge in [0, 0.05) is 22.3 Å². The number of thiophene rings is 1. The predicted molar refractivity (Wildman–Crippen MR) is 87.5 cm³/mol. The minimum atomic E-state index is -3.37. The first kappa shape index (κ1) is 15.8. The zero-order chi connectivity index (χ0) is 15.0. The standard InChI is InChI=1S/C15H22ClNO2S2/c1-11-15(9-13(10-16)20-11)21(18,19)17-8-4-6-12-5-2-3-7-14(12)17/h9,12,14H,2-8,10H2,1H3/t12-,14-/m1/s1. The summed E-state index contributed by atoms with van der Waals surface area (Å²) in [5.74, 6) is 0.946. The normalized spacial score (nSPS) is 27.5. The van der Waals surface area contributed by atoms with Gasteiger partial charge in [0.1, 0.15) is 0 Å². The minimum Gasteiger partial charge on any atom is -0.207 e. The molecule has 3 rings (SSSR count). The van der Waals surface area contributed by atoms with Crippen molar-refractivity contribution in [2.45, 2.75) is 62.3 Å². The highest BCUT2D eigenvalue weighted by molar-refractivity contribution is 7.89. The number of sulfonamides is 1. The number of nitrogens with zero attached hydrogens (tertiary/aromatic N) is 1. The highest BCUT2D eigenvalue weighted by Gasteiger charge is 2.40.